The van der Waals surface area contributed by atoms with Gasteiger partial charge in [0.05, 0.1) is 12.2 Å². The van der Waals surface area contributed by atoms with E-state index < -0.39 is 5.60 Å². The summed E-state index contributed by atoms with van der Waals surface area (Å²) in [5, 5.41) is 6.37. The summed E-state index contributed by atoms with van der Waals surface area (Å²) in [5.74, 6) is 0. The number of carbonyl (C=O) groups excluding carboxylic acids is 1. The normalized spacial score (nSPS) is 15.2. The number of nitrogens with one attached hydrogen (secondary N) is 1. The molecule has 0 saturated carbocycles. The van der Waals surface area contributed by atoms with Gasteiger partial charge in [0.1, 0.15) is 5.60 Å². The molecule has 0 aromatic carbocycles. The molecular weight excluding hydrogens is 234 g/mol. The summed E-state index contributed by atoms with van der Waals surface area (Å²) in [7, 11) is 0. The molecular formula is C12H17N3O3. The summed E-state index contributed by atoms with van der Waals surface area (Å²) in [4.78, 5) is 24.7. The highest BCUT2D eigenvalue weighted by atomic mass is 16.6. The van der Waals surface area contributed by atoms with E-state index in [9.17, 15) is 9.59 Å². The Labute approximate surface area is 105 Å². The lowest BCUT2D eigenvalue weighted by Crippen LogP contribution is -2.40. The number of rotatable bonds is 0. The Balaban J connectivity index is 2.12. The van der Waals surface area contributed by atoms with Gasteiger partial charge in [0.2, 0.25) is 0 Å². The SMILES string of the molecule is CC(C)(C)OC(=O)N1CCc2n[nH]c(=O)cc2C1. The van der Waals surface area contributed by atoms with Gasteiger partial charge in [0, 0.05) is 24.6 Å². The van der Waals surface area contributed by atoms with E-state index in [1.165, 1.54) is 6.07 Å². The molecule has 6 heteroatoms. The second kappa shape index (κ2) is 4.44. The molecule has 1 aliphatic rings. The second-order valence-electron chi connectivity index (χ2n) is 5.36. The maximum Gasteiger partial charge on any atom is 0.410 e. The third-order valence-electron chi connectivity index (χ3n) is 2.61. The summed E-state index contributed by atoms with van der Waals surface area (Å²) >= 11 is 0. The summed E-state index contributed by atoms with van der Waals surface area (Å²) < 4.78 is 5.30. The van der Waals surface area contributed by atoms with Crippen LogP contribution in [0.15, 0.2) is 10.9 Å². The molecule has 1 N–H and O–H groups in total. The summed E-state index contributed by atoms with van der Waals surface area (Å²) in [6, 6.07) is 1.48. The van der Waals surface area contributed by atoms with Crippen molar-refractivity contribution in [2.45, 2.75) is 39.3 Å². The highest BCUT2D eigenvalue weighted by Crippen LogP contribution is 2.17. The summed E-state index contributed by atoms with van der Waals surface area (Å²) in [6.07, 6.45) is 0.277. The molecule has 0 bridgehead atoms. The number of H-pyrrole nitrogens is 1. The van der Waals surface area contributed by atoms with Crippen molar-refractivity contribution in [3.05, 3.63) is 27.7 Å². The Hall–Kier alpha value is -1.85. The first-order chi connectivity index (χ1) is 8.35. The van der Waals surface area contributed by atoms with Crippen LogP contribution in [-0.4, -0.2) is 33.3 Å². The zero-order valence-corrected chi connectivity index (χ0v) is 10.8. The number of aromatic amines is 1. The maximum atomic E-state index is 11.9. The van der Waals surface area contributed by atoms with E-state index in [0.717, 1.165) is 11.3 Å². The van der Waals surface area contributed by atoms with Crippen molar-refractivity contribution >= 4 is 6.09 Å². The van der Waals surface area contributed by atoms with E-state index in [4.69, 9.17) is 4.74 Å². The van der Waals surface area contributed by atoms with Gasteiger partial charge < -0.3 is 9.64 Å². The number of fused-ring (bicyclic) bond motifs is 1. The Morgan fingerprint density at radius 3 is 2.89 bits per heavy atom. The molecule has 0 atom stereocenters. The third kappa shape index (κ3) is 2.88. The number of carbonyl (C=O) groups is 1. The van der Waals surface area contributed by atoms with Crippen LogP contribution in [0.1, 0.15) is 32.0 Å². The standard InChI is InChI=1S/C12H17N3O3/c1-12(2,3)18-11(17)15-5-4-9-8(7-15)6-10(16)14-13-9/h6H,4-5,7H2,1-3H3,(H,14,16). The highest BCUT2D eigenvalue weighted by Gasteiger charge is 2.26. The quantitative estimate of drug-likeness (QED) is 0.748. The molecule has 2 rings (SSSR count). The van der Waals surface area contributed by atoms with Gasteiger partial charge in [0.25, 0.3) is 5.56 Å². The van der Waals surface area contributed by atoms with Gasteiger partial charge in [-0.2, -0.15) is 5.10 Å². The average Bonchev–Trinajstić information content (AvgIpc) is 2.25. The monoisotopic (exact) mass is 251 g/mol. The predicted molar refractivity (Wildman–Crippen MR) is 65.2 cm³/mol. The minimum Gasteiger partial charge on any atom is -0.444 e. The summed E-state index contributed by atoms with van der Waals surface area (Å²) in [6.45, 7) is 6.42. The van der Waals surface area contributed by atoms with Gasteiger partial charge in [-0.3, -0.25) is 4.79 Å². The molecule has 0 saturated heterocycles. The van der Waals surface area contributed by atoms with Gasteiger partial charge >= 0.3 is 6.09 Å². The molecule has 0 spiro atoms. The fourth-order valence-electron chi connectivity index (χ4n) is 1.83. The van der Waals surface area contributed by atoms with Crippen LogP contribution in [0, 0.1) is 0 Å². The molecule has 0 radical (unpaired) electrons. The molecule has 1 amide bonds. The molecule has 2 heterocycles. The van der Waals surface area contributed by atoms with Gasteiger partial charge in [-0.25, -0.2) is 9.89 Å². The number of aromatic nitrogens is 2. The van der Waals surface area contributed by atoms with Crippen LogP contribution in [0.2, 0.25) is 0 Å². The molecule has 1 aromatic rings. The minimum absolute atomic E-state index is 0.250. The predicted octanol–water partition coefficient (Wildman–Crippen LogP) is 1.06. The third-order valence-corrected chi connectivity index (χ3v) is 2.61. The van der Waals surface area contributed by atoms with Crippen LogP contribution in [0.3, 0.4) is 0 Å². The molecule has 98 valence electrons. The number of hydrogen-bond donors (Lipinski definition) is 1. The number of amides is 1. The Morgan fingerprint density at radius 1 is 1.50 bits per heavy atom. The van der Waals surface area contributed by atoms with Crippen molar-refractivity contribution in [3.8, 4) is 0 Å². The lowest BCUT2D eigenvalue weighted by Gasteiger charge is -2.30. The number of ether oxygens (including phenoxy) is 1. The molecule has 18 heavy (non-hydrogen) atoms. The largest absolute Gasteiger partial charge is 0.444 e. The average molecular weight is 251 g/mol. The zero-order chi connectivity index (χ0) is 13.3. The van der Waals surface area contributed by atoms with Crippen LogP contribution in [0.4, 0.5) is 4.79 Å². The van der Waals surface area contributed by atoms with Gasteiger partial charge in [-0.05, 0) is 20.8 Å². The van der Waals surface area contributed by atoms with Gasteiger partial charge in [0.15, 0.2) is 0 Å². The van der Waals surface area contributed by atoms with Crippen molar-refractivity contribution in [1.29, 1.82) is 0 Å². The van der Waals surface area contributed by atoms with E-state index in [0.29, 0.717) is 19.5 Å². The zero-order valence-electron chi connectivity index (χ0n) is 10.8. The first-order valence-electron chi connectivity index (χ1n) is 5.90. The van der Waals surface area contributed by atoms with Crippen LogP contribution in [0.5, 0.6) is 0 Å². The van der Waals surface area contributed by atoms with E-state index >= 15 is 0 Å². The number of hydrogen-bond acceptors (Lipinski definition) is 4. The first-order valence-corrected chi connectivity index (χ1v) is 5.90. The Bertz CT molecular complexity index is 516. The van der Waals surface area contributed by atoms with E-state index in [1.807, 2.05) is 20.8 Å². The fourth-order valence-corrected chi connectivity index (χ4v) is 1.83. The van der Waals surface area contributed by atoms with Crippen LogP contribution < -0.4 is 5.56 Å². The molecule has 0 unspecified atom stereocenters. The van der Waals surface area contributed by atoms with Crippen LogP contribution in [0.25, 0.3) is 0 Å². The molecule has 0 fully saturated rings. The fraction of sp³-hybridized carbons (Fsp3) is 0.583. The van der Waals surface area contributed by atoms with Crippen LogP contribution in [-0.2, 0) is 17.7 Å². The van der Waals surface area contributed by atoms with E-state index in [2.05, 4.69) is 10.2 Å². The molecule has 1 aliphatic heterocycles. The van der Waals surface area contributed by atoms with Crippen molar-refractivity contribution < 1.29 is 9.53 Å². The van der Waals surface area contributed by atoms with Crippen LogP contribution >= 0.6 is 0 Å². The lowest BCUT2D eigenvalue weighted by atomic mass is 10.1. The molecule has 0 aliphatic carbocycles. The smallest absolute Gasteiger partial charge is 0.410 e. The van der Waals surface area contributed by atoms with Crippen molar-refractivity contribution in [3.63, 3.8) is 0 Å². The molecule has 6 nitrogen and oxygen atoms in total. The minimum atomic E-state index is -0.510. The first kappa shape index (κ1) is 12.6. The molecule has 1 aromatic heterocycles. The Kier molecular flexibility index (Phi) is 3.11. The van der Waals surface area contributed by atoms with Crippen molar-refractivity contribution in [2.75, 3.05) is 6.54 Å². The van der Waals surface area contributed by atoms with Gasteiger partial charge in [-0.15, -0.1) is 0 Å². The van der Waals surface area contributed by atoms with Crippen molar-refractivity contribution in [2.24, 2.45) is 0 Å². The van der Waals surface area contributed by atoms with Crippen molar-refractivity contribution in [1.82, 2.24) is 15.1 Å². The highest BCUT2D eigenvalue weighted by molar-refractivity contribution is 5.68. The Morgan fingerprint density at radius 2 is 2.22 bits per heavy atom. The topological polar surface area (TPSA) is 75.3 Å². The maximum absolute atomic E-state index is 11.9. The lowest BCUT2D eigenvalue weighted by molar-refractivity contribution is 0.0222. The summed E-state index contributed by atoms with van der Waals surface area (Å²) in [5.41, 5.74) is 0.870. The van der Waals surface area contributed by atoms with Gasteiger partial charge in [-0.1, -0.05) is 0 Å². The van der Waals surface area contributed by atoms with E-state index in [1.54, 1.807) is 4.90 Å². The second-order valence-corrected chi connectivity index (χ2v) is 5.36. The number of nitrogens with zero attached hydrogens (tertiary/aromatic N) is 2. The van der Waals surface area contributed by atoms with E-state index in [-0.39, 0.29) is 11.7 Å².